The zero-order valence-electron chi connectivity index (χ0n) is 16.8. The van der Waals surface area contributed by atoms with E-state index in [1.165, 1.54) is 12.4 Å². The van der Waals surface area contributed by atoms with Gasteiger partial charge in [0.05, 0.1) is 16.6 Å². The molecule has 2 heterocycles. The second-order valence-electron chi connectivity index (χ2n) is 6.74. The summed E-state index contributed by atoms with van der Waals surface area (Å²) in [7, 11) is 0. The normalized spacial score (nSPS) is 11.0. The monoisotopic (exact) mass is 401 g/mol. The van der Waals surface area contributed by atoms with E-state index in [0.29, 0.717) is 37.1 Å². The highest BCUT2D eigenvalue weighted by Gasteiger charge is 2.15. The van der Waals surface area contributed by atoms with Crippen LogP contribution >= 0.6 is 0 Å². The van der Waals surface area contributed by atoms with Crippen LogP contribution in [0.5, 0.6) is 0 Å². The first-order chi connectivity index (χ1) is 14.8. The average Bonchev–Trinajstić information content (AvgIpc) is 3.14. The molecule has 0 saturated carbocycles. The molecule has 30 heavy (non-hydrogen) atoms. The van der Waals surface area contributed by atoms with Crippen molar-refractivity contribution in [3.05, 3.63) is 72.6 Å². The van der Waals surface area contributed by atoms with Crippen molar-refractivity contribution in [2.75, 3.05) is 18.5 Å². The van der Waals surface area contributed by atoms with Crippen molar-refractivity contribution >= 4 is 22.9 Å². The minimum Gasteiger partial charge on any atom is -0.382 e. The lowest BCUT2D eigenvalue weighted by molar-refractivity contribution is 0.102. The summed E-state index contributed by atoms with van der Waals surface area (Å²) >= 11 is 0. The third kappa shape index (κ3) is 4.36. The van der Waals surface area contributed by atoms with Gasteiger partial charge in [-0.15, -0.1) is 0 Å². The first-order valence-electron chi connectivity index (χ1n) is 9.98. The summed E-state index contributed by atoms with van der Waals surface area (Å²) in [5, 5.41) is 2.91. The summed E-state index contributed by atoms with van der Waals surface area (Å²) in [5.41, 5.74) is 3.09. The van der Waals surface area contributed by atoms with Crippen LogP contribution in [0.25, 0.3) is 22.4 Å². The Morgan fingerprint density at radius 3 is 2.53 bits per heavy atom. The molecule has 2 aromatic heterocycles. The van der Waals surface area contributed by atoms with E-state index in [2.05, 4.69) is 20.3 Å². The Morgan fingerprint density at radius 1 is 1.03 bits per heavy atom. The fraction of sp³-hybridized carbons (Fsp3) is 0.217. The number of anilines is 1. The Labute approximate surface area is 174 Å². The molecular weight excluding hydrogens is 378 g/mol. The average molecular weight is 401 g/mol. The molecule has 0 spiro atoms. The van der Waals surface area contributed by atoms with E-state index in [9.17, 15) is 4.79 Å². The Kier molecular flexibility index (Phi) is 6.10. The fourth-order valence-corrected chi connectivity index (χ4v) is 3.22. The lowest BCUT2D eigenvalue weighted by Gasteiger charge is -2.10. The first-order valence-corrected chi connectivity index (χ1v) is 9.98. The van der Waals surface area contributed by atoms with Gasteiger partial charge in [0.25, 0.3) is 5.91 Å². The van der Waals surface area contributed by atoms with Crippen molar-refractivity contribution in [3.8, 4) is 11.4 Å². The van der Waals surface area contributed by atoms with Crippen LogP contribution in [0, 0.1) is 0 Å². The number of rotatable bonds is 8. The van der Waals surface area contributed by atoms with Gasteiger partial charge in [-0.3, -0.25) is 10.1 Å². The molecule has 7 nitrogen and oxygen atoms in total. The Morgan fingerprint density at radius 2 is 1.77 bits per heavy atom. The second-order valence-corrected chi connectivity index (χ2v) is 6.74. The Bertz CT molecular complexity index is 1120. The molecule has 0 unspecified atom stereocenters. The maximum atomic E-state index is 12.8. The molecule has 0 aliphatic rings. The van der Waals surface area contributed by atoms with Crippen LogP contribution in [0.2, 0.25) is 0 Å². The largest absolute Gasteiger partial charge is 0.382 e. The van der Waals surface area contributed by atoms with Crippen molar-refractivity contribution in [3.63, 3.8) is 0 Å². The molecule has 1 N–H and O–H groups in total. The quantitative estimate of drug-likeness (QED) is 0.448. The van der Waals surface area contributed by atoms with E-state index in [0.717, 1.165) is 23.0 Å². The zero-order valence-corrected chi connectivity index (χ0v) is 16.8. The molecule has 4 aromatic rings. The molecule has 152 valence electrons. The molecule has 4 rings (SSSR count). The lowest BCUT2D eigenvalue weighted by atomic mass is 10.2. The number of para-hydroxylation sites is 2. The highest BCUT2D eigenvalue weighted by molar-refractivity contribution is 6.03. The third-order valence-corrected chi connectivity index (χ3v) is 4.70. The number of amides is 1. The molecule has 2 aromatic carbocycles. The predicted octanol–water partition coefficient (Wildman–Crippen LogP) is 4.17. The molecule has 0 fully saturated rings. The van der Waals surface area contributed by atoms with Crippen LogP contribution in [0.4, 0.5) is 5.95 Å². The highest BCUT2D eigenvalue weighted by Crippen LogP contribution is 2.21. The van der Waals surface area contributed by atoms with Crippen molar-refractivity contribution in [2.24, 2.45) is 0 Å². The fourth-order valence-electron chi connectivity index (χ4n) is 3.22. The number of aryl methyl sites for hydroxylation is 1. The SMILES string of the molecule is CCOCCCn1c(NC(=O)c2cnc(-c3ccccc3)nc2)nc2ccccc21. The maximum Gasteiger partial charge on any atom is 0.261 e. The number of hydrogen-bond acceptors (Lipinski definition) is 5. The Hall–Kier alpha value is -3.58. The molecule has 0 bridgehead atoms. The summed E-state index contributed by atoms with van der Waals surface area (Å²) in [6.07, 6.45) is 3.89. The Balaban J connectivity index is 1.53. The van der Waals surface area contributed by atoms with Crippen LogP contribution < -0.4 is 5.32 Å². The van der Waals surface area contributed by atoms with E-state index in [-0.39, 0.29) is 5.91 Å². The topological polar surface area (TPSA) is 81.9 Å². The number of carbonyl (C=O) groups excluding carboxylic acids is 1. The molecule has 0 aliphatic carbocycles. The highest BCUT2D eigenvalue weighted by atomic mass is 16.5. The lowest BCUT2D eigenvalue weighted by Crippen LogP contribution is -2.17. The third-order valence-electron chi connectivity index (χ3n) is 4.70. The van der Waals surface area contributed by atoms with Gasteiger partial charge in [-0.2, -0.15) is 0 Å². The van der Waals surface area contributed by atoms with E-state index in [1.54, 1.807) is 0 Å². The number of benzene rings is 2. The maximum absolute atomic E-state index is 12.8. The number of carbonyl (C=O) groups is 1. The summed E-state index contributed by atoms with van der Waals surface area (Å²) < 4.78 is 7.45. The van der Waals surface area contributed by atoms with Gasteiger partial charge in [-0.25, -0.2) is 15.0 Å². The van der Waals surface area contributed by atoms with Crippen LogP contribution in [0.3, 0.4) is 0 Å². The van der Waals surface area contributed by atoms with Crippen LogP contribution in [0.1, 0.15) is 23.7 Å². The number of imidazole rings is 1. The summed E-state index contributed by atoms with van der Waals surface area (Å²) in [6, 6.07) is 17.5. The van der Waals surface area contributed by atoms with Crippen molar-refractivity contribution in [1.29, 1.82) is 0 Å². The number of nitrogens with zero attached hydrogens (tertiary/aromatic N) is 4. The molecule has 7 heteroatoms. The number of fused-ring (bicyclic) bond motifs is 1. The van der Waals surface area contributed by atoms with Crippen molar-refractivity contribution < 1.29 is 9.53 Å². The van der Waals surface area contributed by atoms with Crippen LogP contribution in [-0.4, -0.2) is 38.6 Å². The summed E-state index contributed by atoms with van der Waals surface area (Å²) in [5.74, 6) is 0.788. The molecule has 0 saturated heterocycles. The smallest absolute Gasteiger partial charge is 0.261 e. The number of hydrogen-bond donors (Lipinski definition) is 1. The van der Waals surface area contributed by atoms with Gasteiger partial charge in [-0.05, 0) is 25.5 Å². The summed E-state index contributed by atoms with van der Waals surface area (Å²) in [6.45, 7) is 4.02. The van der Waals surface area contributed by atoms with E-state index >= 15 is 0 Å². The number of aromatic nitrogens is 4. The molecule has 0 aliphatic heterocycles. The van der Waals surface area contributed by atoms with Crippen LogP contribution in [0.15, 0.2) is 67.0 Å². The second kappa shape index (κ2) is 9.28. The molecule has 1 amide bonds. The van der Waals surface area contributed by atoms with Crippen LogP contribution in [-0.2, 0) is 11.3 Å². The number of ether oxygens (including phenoxy) is 1. The van der Waals surface area contributed by atoms with Gasteiger partial charge in [0.1, 0.15) is 0 Å². The van der Waals surface area contributed by atoms with Gasteiger partial charge in [0, 0.05) is 37.7 Å². The van der Waals surface area contributed by atoms with E-state index in [4.69, 9.17) is 4.74 Å². The van der Waals surface area contributed by atoms with Gasteiger partial charge in [-0.1, -0.05) is 42.5 Å². The first kappa shape index (κ1) is 19.7. The minimum atomic E-state index is -0.295. The van der Waals surface area contributed by atoms with Gasteiger partial charge in [0.15, 0.2) is 5.82 Å². The number of nitrogens with one attached hydrogen (secondary N) is 1. The minimum absolute atomic E-state index is 0.295. The molecule has 0 atom stereocenters. The standard InChI is InChI=1S/C23H23N5O2/c1-2-30-14-8-13-28-20-12-7-6-11-19(20)26-23(28)27-22(29)18-15-24-21(25-16-18)17-9-4-3-5-10-17/h3-7,9-12,15-16H,2,8,13-14H2,1H3,(H,26,27,29). The molecular formula is C23H23N5O2. The van der Waals surface area contributed by atoms with Crippen molar-refractivity contribution in [1.82, 2.24) is 19.5 Å². The van der Waals surface area contributed by atoms with E-state index < -0.39 is 0 Å². The molecule has 0 radical (unpaired) electrons. The van der Waals surface area contributed by atoms with Crippen molar-refractivity contribution in [2.45, 2.75) is 19.9 Å². The van der Waals surface area contributed by atoms with Gasteiger partial charge >= 0.3 is 0 Å². The van der Waals surface area contributed by atoms with Gasteiger partial charge < -0.3 is 9.30 Å². The zero-order chi connectivity index (χ0) is 20.8. The van der Waals surface area contributed by atoms with E-state index in [1.807, 2.05) is 66.1 Å². The predicted molar refractivity (Wildman–Crippen MR) is 116 cm³/mol. The van der Waals surface area contributed by atoms with Gasteiger partial charge in [0.2, 0.25) is 5.95 Å². The summed E-state index contributed by atoms with van der Waals surface area (Å²) in [4.78, 5) is 26.1.